The molecule has 0 bridgehead atoms. The minimum absolute atomic E-state index is 0.627. The van der Waals surface area contributed by atoms with E-state index in [0.29, 0.717) is 6.54 Å². The van der Waals surface area contributed by atoms with Crippen LogP contribution in [0.5, 0.6) is 0 Å². The van der Waals surface area contributed by atoms with Gasteiger partial charge in [0, 0.05) is 0 Å². The summed E-state index contributed by atoms with van der Waals surface area (Å²) >= 11 is 0. The fourth-order valence-corrected chi connectivity index (χ4v) is 1.34. The zero-order valence-corrected chi connectivity index (χ0v) is 7.99. The predicted octanol–water partition coefficient (Wildman–Crippen LogP) is 1.74. The van der Waals surface area contributed by atoms with Crippen molar-refractivity contribution < 1.29 is 8.94 Å². The van der Waals surface area contributed by atoms with E-state index >= 15 is 0 Å². The van der Waals surface area contributed by atoms with Crippen molar-refractivity contribution >= 4 is 0 Å². The third kappa shape index (κ3) is 1.56. The van der Waals surface area contributed by atoms with E-state index < -0.39 is 0 Å². The van der Waals surface area contributed by atoms with E-state index in [4.69, 9.17) is 14.7 Å². The summed E-state index contributed by atoms with van der Waals surface area (Å²) in [5.41, 5.74) is 8.27. The number of aryl methyl sites for hydroxylation is 1. The molecule has 0 aliphatic heterocycles. The van der Waals surface area contributed by atoms with Gasteiger partial charge in [0.25, 0.3) is 0 Å². The zero-order chi connectivity index (χ0) is 9.97. The van der Waals surface area contributed by atoms with Gasteiger partial charge in [-0.1, -0.05) is 5.16 Å². The Hall–Kier alpha value is -1.55. The number of rotatable bonds is 3. The molecule has 0 amide bonds. The SMILES string of the molecule is Cc1nocc1-c1cc(CCN)co1. The fourth-order valence-electron chi connectivity index (χ4n) is 1.34. The first-order chi connectivity index (χ1) is 6.81. The van der Waals surface area contributed by atoms with E-state index in [0.717, 1.165) is 29.0 Å². The molecule has 2 heterocycles. The Bertz CT molecular complexity index is 417. The molecule has 0 aliphatic carbocycles. The number of hydrogen-bond donors (Lipinski definition) is 1. The Morgan fingerprint density at radius 1 is 1.43 bits per heavy atom. The normalized spacial score (nSPS) is 10.7. The first kappa shape index (κ1) is 9.02. The first-order valence-corrected chi connectivity index (χ1v) is 4.50. The molecule has 74 valence electrons. The molecule has 0 saturated heterocycles. The van der Waals surface area contributed by atoms with Crippen molar-refractivity contribution in [3.8, 4) is 11.3 Å². The maximum atomic E-state index is 5.45. The number of hydrogen-bond acceptors (Lipinski definition) is 4. The number of nitrogens with two attached hydrogens (primary N) is 1. The van der Waals surface area contributed by atoms with Gasteiger partial charge in [-0.2, -0.15) is 0 Å². The van der Waals surface area contributed by atoms with Crippen LogP contribution in [0.3, 0.4) is 0 Å². The molecule has 4 nitrogen and oxygen atoms in total. The molecule has 0 atom stereocenters. The quantitative estimate of drug-likeness (QED) is 0.804. The van der Waals surface area contributed by atoms with Gasteiger partial charge < -0.3 is 14.7 Å². The van der Waals surface area contributed by atoms with Gasteiger partial charge in [-0.3, -0.25) is 0 Å². The Kier molecular flexibility index (Phi) is 2.37. The molecule has 14 heavy (non-hydrogen) atoms. The second-order valence-corrected chi connectivity index (χ2v) is 3.17. The van der Waals surface area contributed by atoms with Crippen LogP contribution in [0.1, 0.15) is 11.3 Å². The van der Waals surface area contributed by atoms with Crippen LogP contribution in [0.2, 0.25) is 0 Å². The molecule has 2 aromatic rings. The summed E-state index contributed by atoms with van der Waals surface area (Å²) in [7, 11) is 0. The van der Waals surface area contributed by atoms with Gasteiger partial charge in [-0.15, -0.1) is 0 Å². The minimum Gasteiger partial charge on any atom is -0.464 e. The van der Waals surface area contributed by atoms with E-state index in [2.05, 4.69) is 5.16 Å². The molecule has 0 spiro atoms. The van der Waals surface area contributed by atoms with Crippen LogP contribution in [-0.4, -0.2) is 11.7 Å². The average Bonchev–Trinajstić information content (AvgIpc) is 2.74. The average molecular weight is 192 g/mol. The molecule has 0 saturated carbocycles. The predicted molar refractivity (Wildman–Crippen MR) is 51.7 cm³/mol. The van der Waals surface area contributed by atoms with Gasteiger partial charge in [0.05, 0.1) is 17.5 Å². The highest BCUT2D eigenvalue weighted by Gasteiger charge is 2.09. The summed E-state index contributed by atoms with van der Waals surface area (Å²) in [5.74, 6) is 0.784. The molecule has 0 aromatic carbocycles. The van der Waals surface area contributed by atoms with E-state index in [-0.39, 0.29) is 0 Å². The summed E-state index contributed by atoms with van der Waals surface area (Å²) in [6.07, 6.45) is 4.13. The molecule has 2 rings (SSSR count). The third-order valence-electron chi connectivity index (χ3n) is 2.10. The van der Waals surface area contributed by atoms with Crippen LogP contribution in [0, 0.1) is 6.92 Å². The Labute approximate surface area is 81.7 Å². The highest BCUT2D eigenvalue weighted by molar-refractivity contribution is 5.59. The summed E-state index contributed by atoms with van der Waals surface area (Å²) in [6.45, 7) is 2.51. The van der Waals surface area contributed by atoms with Crippen LogP contribution in [0.4, 0.5) is 0 Å². The Morgan fingerprint density at radius 3 is 2.93 bits per heavy atom. The van der Waals surface area contributed by atoms with Gasteiger partial charge in [-0.05, 0) is 31.5 Å². The topological polar surface area (TPSA) is 65.2 Å². The van der Waals surface area contributed by atoms with Crippen LogP contribution in [-0.2, 0) is 6.42 Å². The van der Waals surface area contributed by atoms with Crippen molar-refractivity contribution in [3.63, 3.8) is 0 Å². The summed E-state index contributed by atoms with van der Waals surface area (Å²) < 4.78 is 10.2. The molecule has 2 aromatic heterocycles. The second kappa shape index (κ2) is 3.67. The van der Waals surface area contributed by atoms with Gasteiger partial charge in [0.2, 0.25) is 0 Å². The van der Waals surface area contributed by atoms with Crippen LogP contribution in [0.25, 0.3) is 11.3 Å². The van der Waals surface area contributed by atoms with Crippen LogP contribution in [0.15, 0.2) is 27.5 Å². The lowest BCUT2D eigenvalue weighted by atomic mass is 10.1. The number of aromatic nitrogens is 1. The summed E-state index contributed by atoms with van der Waals surface area (Å²) in [5, 5.41) is 3.79. The van der Waals surface area contributed by atoms with Crippen molar-refractivity contribution in [2.45, 2.75) is 13.3 Å². The Balaban J connectivity index is 2.29. The van der Waals surface area contributed by atoms with Crippen molar-refractivity contribution in [3.05, 3.63) is 29.9 Å². The number of nitrogens with zero attached hydrogens (tertiary/aromatic N) is 1. The molecule has 0 fully saturated rings. The summed E-state index contributed by atoms with van der Waals surface area (Å²) in [4.78, 5) is 0. The van der Waals surface area contributed by atoms with Gasteiger partial charge >= 0.3 is 0 Å². The third-order valence-corrected chi connectivity index (χ3v) is 2.10. The maximum Gasteiger partial charge on any atom is 0.139 e. The highest BCUT2D eigenvalue weighted by Crippen LogP contribution is 2.24. The van der Waals surface area contributed by atoms with Gasteiger partial charge in [-0.25, -0.2) is 0 Å². The summed E-state index contributed by atoms with van der Waals surface area (Å²) in [6, 6.07) is 1.96. The number of furan rings is 1. The lowest BCUT2D eigenvalue weighted by Gasteiger charge is -1.89. The monoisotopic (exact) mass is 192 g/mol. The smallest absolute Gasteiger partial charge is 0.139 e. The van der Waals surface area contributed by atoms with Crippen LogP contribution < -0.4 is 5.73 Å². The Morgan fingerprint density at radius 2 is 2.29 bits per heavy atom. The van der Waals surface area contributed by atoms with Gasteiger partial charge in [0.15, 0.2) is 0 Å². The highest BCUT2D eigenvalue weighted by atomic mass is 16.5. The molecule has 0 aliphatic rings. The molecule has 0 radical (unpaired) electrons. The largest absolute Gasteiger partial charge is 0.464 e. The molecular weight excluding hydrogens is 180 g/mol. The van der Waals surface area contributed by atoms with Gasteiger partial charge in [0.1, 0.15) is 12.0 Å². The molecular formula is C10H12N2O2. The van der Waals surface area contributed by atoms with E-state index in [1.54, 1.807) is 12.5 Å². The molecule has 4 heteroatoms. The lowest BCUT2D eigenvalue weighted by molar-refractivity contribution is 0.415. The zero-order valence-electron chi connectivity index (χ0n) is 7.99. The first-order valence-electron chi connectivity index (χ1n) is 4.50. The van der Waals surface area contributed by atoms with Crippen molar-refractivity contribution in [1.29, 1.82) is 0 Å². The van der Waals surface area contributed by atoms with Crippen LogP contribution >= 0.6 is 0 Å². The van der Waals surface area contributed by atoms with Crippen molar-refractivity contribution in [1.82, 2.24) is 5.16 Å². The lowest BCUT2D eigenvalue weighted by Crippen LogP contribution is -2.01. The fraction of sp³-hybridized carbons (Fsp3) is 0.300. The van der Waals surface area contributed by atoms with Crippen molar-refractivity contribution in [2.75, 3.05) is 6.54 Å². The standard InChI is InChI=1S/C10H12N2O2/c1-7-9(6-14-12-7)10-4-8(2-3-11)5-13-10/h4-6H,2-3,11H2,1H3. The van der Waals surface area contributed by atoms with Crippen molar-refractivity contribution in [2.24, 2.45) is 5.73 Å². The molecule has 2 N–H and O–H groups in total. The minimum atomic E-state index is 0.627. The maximum absolute atomic E-state index is 5.45. The molecule has 0 unspecified atom stereocenters. The van der Waals surface area contributed by atoms with E-state index in [1.807, 2.05) is 13.0 Å². The van der Waals surface area contributed by atoms with E-state index in [9.17, 15) is 0 Å². The van der Waals surface area contributed by atoms with E-state index in [1.165, 1.54) is 0 Å². The second-order valence-electron chi connectivity index (χ2n) is 3.17.